The molecule has 1 aromatic carbocycles. The van der Waals surface area contributed by atoms with Gasteiger partial charge < -0.3 is 19.9 Å². The van der Waals surface area contributed by atoms with Crippen molar-refractivity contribution in [3.8, 4) is 0 Å². The molecule has 1 fully saturated rings. The molecule has 2 aliphatic rings. The lowest BCUT2D eigenvalue weighted by Gasteiger charge is -2.33. The Morgan fingerprint density at radius 1 is 1.19 bits per heavy atom. The van der Waals surface area contributed by atoms with E-state index in [1.165, 1.54) is 0 Å². The Hall–Kier alpha value is -2.48. The van der Waals surface area contributed by atoms with Gasteiger partial charge in [0.2, 0.25) is 5.91 Å². The van der Waals surface area contributed by atoms with E-state index in [9.17, 15) is 9.90 Å². The zero-order valence-electron chi connectivity index (χ0n) is 17.4. The van der Waals surface area contributed by atoms with Crippen LogP contribution in [0.5, 0.6) is 0 Å². The summed E-state index contributed by atoms with van der Waals surface area (Å²) < 4.78 is 2.15. The number of nitrogens with zero attached hydrogens (tertiary/aromatic N) is 4. The molecule has 3 aromatic rings. The summed E-state index contributed by atoms with van der Waals surface area (Å²) in [6.07, 6.45) is 6.73. The van der Waals surface area contributed by atoms with Crippen LogP contribution in [0.25, 0.3) is 11.0 Å². The largest absolute Gasteiger partial charge is 0.396 e. The van der Waals surface area contributed by atoms with Gasteiger partial charge in [-0.25, -0.2) is 4.98 Å². The molecule has 5 rings (SSSR count). The van der Waals surface area contributed by atoms with Gasteiger partial charge in [-0.1, -0.05) is 11.6 Å². The molecule has 0 saturated carbocycles. The predicted molar refractivity (Wildman–Crippen MR) is 120 cm³/mol. The number of carbonyl (C=O) groups excluding carboxylic acids is 1. The summed E-state index contributed by atoms with van der Waals surface area (Å²) >= 11 is 6.20. The minimum Gasteiger partial charge on any atom is -0.396 e. The lowest BCUT2D eigenvalue weighted by Crippen LogP contribution is -2.47. The van der Waals surface area contributed by atoms with Crippen molar-refractivity contribution in [3.63, 3.8) is 0 Å². The van der Waals surface area contributed by atoms with Gasteiger partial charge in [0.05, 0.1) is 34.9 Å². The zero-order chi connectivity index (χ0) is 21.4. The predicted octanol–water partition coefficient (Wildman–Crippen LogP) is 3.03. The highest BCUT2D eigenvalue weighted by atomic mass is 35.5. The number of rotatable bonds is 6. The number of nitrogens with one attached hydrogen (secondary N) is 1. The van der Waals surface area contributed by atoms with Crippen molar-refractivity contribution in [2.24, 2.45) is 0 Å². The van der Waals surface area contributed by atoms with Crippen molar-refractivity contribution >= 4 is 34.2 Å². The third-order valence-electron chi connectivity index (χ3n) is 6.60. The molecule has 0 radical (unpaired) electrons. The van der Waals surface area contributed by atoms with Gasteiger partial charge in [-0.15, -0.1) is 0 Å². The second-order valence-electron chi connectivity index (χ2n) is 8.36. The summed E-state index contributed by atoms with van der Waals surface area (Å²) in [5, 5.41) is 13.2. The van der Waals surface area contributed by atoms with Crippen LogP contribution in [0.15, 0.2) is 36.7 Å². The van der Waals surface area contributed by atoms with Crippen LogP contribution in [0.3, 0.4) is 0 Å². The molecule has 0 unspecified atom stereocenters. The molecule has 162 valence electrons. The molecule has 31 heavy (non-hydrogen) atoms. The molecule has 7 nitrogen and oxygen atoms in total. The van der Waals surface area contributed by atoms with Crippen LogP contribution in [0.4, 0.5) is 5.69 Å². The summed E-state index contributed by atoms with van der Waals surface area (Å²) in [7, 11) is 0. The van der Waals surface area contributed by atoms with E-state index in [-0.39, 0.29) is 12.5 Å². The van der Waals surface area contributed by atoms with Gasteiger partial charge in [-0.05, 0) is 68.6 Å². The minimum absolute atomic E-state index is 0.143. The van der Waals surface area contributed by atoms with Crippen LogP contribution >= 0.6 is 11.6 Å². The zero-order valence-corrected chi connectivity index (χ0v) is 18.1. The van der Waals surface area contributed by atoms with E-state index in [0.717, 1.165) is 73.4 Å². The molecule has 0 aliphatic carbocycles. The molecule has 0 atom stereocenters. The van der Waals surface area contributed by atoms with Gasteiger partial charge >= 0.3 is 0 Å². The van der Waals surface area contributed by atoms with Crippen molar-refractivity contribution in [2.45, 2.75) is 44.2 Å². The second kappa shape index (κ2) is 8.22. The highest BCUT2D eigenvalue weighted by Crippen LogP contribution is 2.47. The molecule has 1 saturated heterocycles. The van der Waals surface area contributed by atoms with Gasteiger partial charge in [0, 0.05) is 24.4 Å². The van der Waals surface area contributed by atoms with E-state index in [1.54, 1.807) is 12.4 Å². The number of imidazole rings is 1. The molecule has 1 amide bonds. The standard InChI is InChI=1S/C23H26ClN5O2/c24-16-3-4-19-18(13-16)27-21(28(19)11-1-2-12-30)15-29-20-14-26-8-5-17(20)23(22(29)31)6-9-25-10-7-23/h3-5,8,13-14,25,30H,1-2,6-7,9-12,15H2. The highest BCUT2D eigenvalue weighted by molar-refractivity contribution is 6.31. The number of aliphatic hydroxyl groups is 1. The summed E-state index contributed by atoms with van der Waals surface area (Å²) in [6, 6.07) is 7.70. The van der Waals surface area contributed by atoms with Crippen LogP contribution in [-0.4, -0.2) is 45.2 Å². The molecule has 2 N–H and O–H groups in total. The fourth-order valence-electron chi connectivity index (χ4n) is 5.03. The van der Waals surface area contributed by atoms with Crippen LogP contribution in [-0.2, 0) is 23.3 Å². The van der Waals surface area contributed by atoms with Gasteiger partial charge in [0.15, 0.2) is 0 Å². The average molecular weight is 440 g/mol. The minimum atomic E-state index is -0.472. The van der Waals surface area contributed by atoms with E-state index >= 15 is 0 Å². The Balaban J connectivity index is 1.55. The first-order valence-electron chi connectivity index (χ1n) is 10.9. The first-order valence-corrected chi connectivity index (χ1v) is 11.2. The molecular formula is C23H26ClN5O2. The number of carbonyl (C=O) groups is 1. The normalized spacial score (nSPS) is 17.6. The number of hydrogen-bond acceptors (Lipinski definition) is 5. The quantitative estimate of drug-likeness (QED) is 0.577. The number of unbranched alkanes of at least 4 members (excludes halogenated alkanes) is 1. The van der Waals surface area contributed by atoms with Crippen LogP contribution < -0.4 is 10.2 Å². The lowest BCUT2D eigenvalue weighted by molar-refractivity contribution is -0.124. The van der Waals surface area contributed by atoms with Crippen LogP contribution in [0, 0.1) is 0 Å². The third kappa shape index (κ3) is 3.41. The number of pyridine rings is 1. The van der Waals surface area contributed by atoms with E-state index in [0.29, 0.717) is 11.6 Å². The summed E-state index contributed by atoms with van der Waals surface area (Å²) in [6.45, 7) is 2.94. The number of aryl methyl sites for hydroxylation is 1. The summed E-state index contributed by atoms with van der Waals surface area (Å²) in [4.78, 5) is 24.8. The van der Waals surface area contributed by atoms with Crippen molar-refractivity contribution in [1.82, 2.24) is 19.9 Å². The first-order chi connectivity index (χ1) is 15.1. The van der Waals surface area contributed by atoms with E-state index in [2.05, 4.69) is 14.9 Å². The van der Waals surface area contributed by atoms with Gasteiger partial charge in [0.25, 0.3) is 0 Å². The smallest absolute Gasteiger partial charge is 0.238 e. The molecule has 4 heterocycles. The number of hydrogen-bond donors (Lipinski definition) is 2. The van der Waals surface area contributed by atoms with Gasteiger partial charge in [-0.2, -0.15) is 0 Å². The Labute approximate surface area is 186 Å². The number of fused-ring (bicyclic) bond motifs is 3. The molecular weight excluding hydrogens is 414 g/mol. The maximum atomic E-state index is 13.8. The number of piperidine rings is 1. The second-order valence-corrected chi connectivity index (χ2v) is 8.80. The molecule has 8 heteroatoms. The average Bonchev–Trinajstić information content (AvgIpc) is 3.23. The van der Waals surface area contributed by atoms with Crippen molar-refractivity contribution in [3.05, 3.63) is 53.1 Å². The fourth-order valence-corrected chi connectivity index (χ4v) is 5.20. The van der Waals surface area contributed by atoms with Gasteiger partial charge in [0.1, 0.15) is 5.82 Å². The molecule has 0 bridgehead atoms. The third-order valence-corrected chi connectivity index (χ3v) is 6.83. The number of anilines is 1. The fraction of sp³-hybridized carbons (Fsp3) is 0.435. The first kappa shape index (κ1) is 20.4. The summed E-state index contributed by atoms with van der Waals surface area (Å²) in [5.41, 5.74) is 3.31. The Morgan fingerprint density at radius 2 is 2.03 bits per heavy atom. The topological polar surface area (TPSA) is 83.3 Å². The number of aromatic nitrogens is 3. The monoisotopic (exact) mass is 439 g/mol. The van der Waals surface area contributed by atoms with Crippen LogP contribution in [0.1, 0.15) is 37.1 Å². The Kier molecular flexibility index (Phi) is 5.42. The van der Waals surface area contributed by atoms with Crippen molar-refractivity contribution < 1.29 is 9.90 Å². The maximum absolute atomic E-state index is 13.8. The molecule has 2 aromatic heterocycles. The van der Waals surface area contributed by atoms with E-state index in [1.807, 2.05) is 29.2 Å². The maximum Gasteiger partial charge on any atom is 0.238 e. The molecule has 2 aliphatic heterocycles. The number of halogens is 1. The molecule has 1 spiro atoms. The number of benzene rings is 1. The number of amides is 1. The Morgan fingerprint density at radius 3 is 2.84 bits per heavy atom. The highest BCUT2D eigenvalue weighted by Gasteiger charge is 2.51. The number of aliphatic hydroxyl groups excluding tert-OH is 1. The van der Waals surface area contributed by atoms with Crippen molar-refractivity contribution in [2.75, 3.05) is 24.6 Å². The van der Waals surface area contributed by atoms with E-state index < -0.39 is 5.41 Å². The lowest BCUT2D eigenvalue weighted by atomic mass is 9.74. The van der Waals surface area contributed by atoms with Crippen molar-refractivity contribution in [1.29, 1.82) is 0 Å². The SMILES string of the molecule is O=C1N(Cc2nc3cc(Cl)ccc3n2CCCCO)c2cnccc2C12CCNCC2. The Bertz CT molecular complexity index is 1120. The summed E-state index contributed by atoms with van der Waals surface area (Å²) in [5.74, 6) is 0.966. The van der Waals surface area contributed by atoms with E-state index in [4.69, 9.17) is 16.6 Å². The van der Waals surface area contributed by atoms with Crippen LogP contribution in [0.2, 0.25) is 5.02 Å². The van der Waals surface area contributed by atoms with Gasteiger partial charge in [-0.3, -0.25) is 9.78 Å².